The lowest BCUT2D eigenvalue weighted by molar-refractivity contribution is -0.0677. The lowest BCUT2D eigenvalue weighted by Crippen LogP contribution is -2.67. The Hall–Kier alpha value is -2.23. The lowest BCUT2D eigenvalue weighted by Gasteiger charge is -2.57. The van der Waals surface area contributed by atoms with E-state index in [0.717, 1.165) is 44.3 Å². The van der Waals surface area contributed by atoms with Crippen LogP contribution in [0.1, 0.15) is 48.3 Å². The van der Waals surface area contributed by atoms with Crippen LogP contribution in [0.3, 0.4) is 0 Å². The van der Waals surface area contributed by atoms with E-state index in [1.165, 1.54) is 43.9 Å². The number of hydrogen-bond acceptors (Lipinski definition) is 4. The van der Waals surface area contributed by atoms with Gasteiger partial charge in [-0.15, -0.1) is 0 Å². The van der Waals surface area contributed by atoms with Gasteiger partial charge in [0.25, 0.3) is 0 Å². The van der Waals surface area contributed by atoms with Crippen molar-refractivity contribution in [2.75, 3.05) is 46.0 Å². The van der Waals surface area contributed by atoms with Crippen LogP contribution in [0.25, 0.3) is 0 Å². The molecule has 34 heavy (non-hydrogen) atoms. The predicted octanol–water partition coefficient (Wildman–Crippen LogP) is 3.88. The van der Waals surface area contributed by atoms with Crippen LogP contribution < -0.4 is 0 Å². The summed E-state index contributed by atoms with van der Waals surface area (Å²) in [6.45, 7) is 6.45. The van der Waals surface area contributed by atoms with Crippen LogP contribution in [-0.2, 0) is 4.74 Å². The third kappa shape index (κ3) is 5.21. The first-order valence-electron chi connectivity index (χ1n) is 12.8. The van der Waals surface area contributed by atoms with Gasteiger partial charge in [0, 0.05) is 49.9 Å². The predicted molar refractivity (Wildman–Crippen MR) is 132 cm³/mol. The van der Waals surface area contributed by atoms with E-state index >= 15 is 0 Å². The Balaban J connectivity index is 1.30. The molecule has 5 rings (SSSR count). The summed E-state index contributed by atoms with van der Waals surface area (Å²) in [5.41, 5.74) is 2.56. The number of aliphatic hydroxyl groups is 1. The maximum absolute atomic E-state index is 13.9. The maximum Gasteiger partial charge on any atom is 0.138 e. The summed E-state index contributed by atoms with van der Waals surface area (Å²) in [5.74, 6) is 6.80. The molecule has 1 N–H and O–H groups in total. The molecule has 3 fully saturated rings. The standard InChI is InChI=1S/C29H35FN2O2/c30-26-6-2-1-5-24(26)10-7-22-8-11-25(12-9-22)29-27-20-31(19-23-13-17-34-18-14-23)15-3-4-16-32(27)28(29)21-33/h1-2,5-6,8-9,11-12,23,27-29,33H,3-4,13-21H2/t27-,28-,29+/m0/s1. The van der Waals surface area contributed by atoms with E-state index in [2.05, 4.69) is 33.8 Å². The summed E-state index contributed by atoms with van der Waals surface area (Å²) in [4.78, 5) is 5.20. The number of rotatable bonds is 4. The maximum atomic E-state index is 13.9. The Kier molecular flexibility index (Phi) is 7.61. The van der Waals surface area contributed by atoms with Gasteiger partial charge in [0.05, 0.1) is 12.2 Å². The number of hydrogen-bond donors (Lipinski definition) is 1. The topological polar surface area (TPSA) is 35.9 Å². The molecule has 0 amide bonds. The molecule has 0 aromatic heterocycles. The molecule has 5 heteroatoms. The Morgan fingerprint density at radius 2 is 1.74 bits per heavy atom. The van der Waals surface area contributed by atoms with Crippen LogP contribution in [-0.4, -0.2) is 73.0 Å². The van der Waals surface area contributed by atoms with E-state index < -0.39 is 0 Å². The second kappa shape index (κ2) is 11.0. The minimum Gasteiger partial charge on any atom is -0.395 e. The molecule has 3 aliphatic rings. The highest BCUT2D eigenvalue weighted by Gasteiger charge is 2.49. The molecule has 0 unspecified atom stereocenters. The molecule has 2 aromatic rings. The smallest absolute Gasteiger partial charge is 0.138 e. The van der Waals surface area contributed by atoms with Gasteiger partial charge in [0.2, 0.25) is 0 Å². The van der Waals surface area contributed by atoms with Gasteiger partial charge in [-0.25, -0.2) is 4.39 Å². The molecule has 0 saturated carbocycles. The van der Waals surface area contributed by atoms with Gasteiger partial charge in [-0.05, 0) is 74.5 Å². The highest BCUT2D eigenvalue weighted by atomic mass is 19.1. The molecule has 0 radical (unpaired) electrons. The van der Waals surface area contributed by atoms with E-state index in [1.54, 1.807) is 18.2 Å². The van der Waals surface area contributed by atoms with Crippen molar-refractivity contribution in [2.45, 2.75) is 43.7 Å². The number of benzene rings is 2. The average Bonchev–Trinajstić information content (AvgIpc) is 2.85. The largest absolute Gasteiger partial charge is 0.395 e. The molecule has 180 valence electrons. The van der Waals surface area contributed by atoms with E-state index in [-0.39, 0.29) is 18.5 Å². The minimum atomic E-state index is -0.290. The fraction of sp³-hybridized carbons (Fsp3) is 0.517. The fourth-order valence-electron chi connectivity index (χ4n) is 5.96. The van der Waals surface area contributed by atoms with Crippen molar-refractivity contribution in [2.24, 2.45) is 5.92 Å². The van der Waals surface area contributed by atoms with Gasteiger partial charge in [0.1, 0.15) is 5.82 Å². The Bertz CT molecular complexity index is 1010. The summed E-state index contributed by atoms with van der Waals surface area (Å²) < 4.78 is 19.4. The second-order valence-electron chi connectivity index (χ2n) is 9.96. The van der Waals surface area contributed by atoms with Crippen LogP contribution in [0.5, 0.6) is 0 Å². The first-order valence-corrected chi connectivity index (χ1v) is 12.8. The minimum absolute atomic E-state index is 0.184. The van der Waals surface area contributed by atoms with Gasteiger partial charge < -0.3 is 14.7 Å². The third-order valence-corrected chi connectivity index (χ3v) is 7.82. The van der Waals surface area contributed by atoms with Crippen molar-refractivity contribution in [1.82, 2.24) is 9.80 Å². The monoisotopic (exact) mass is 462 g/mol. The van der Waals surface area contributed by atoms with Gasteiger partial charge in [-0.2, -0.15) is 0 Å². The number of aliphatic hydroxyl groups excluding tert-OH is 1. The summed E-state index contributed by atoms with van der Waals surface area (Å²) in [7, 11) is 0. The molecule has 4 nitrogen and oxygen atoms in total. The first kappa shape index (κ1) is 23.5. The number of halogens is 1. The Morgan fingerprint density at radius 3 is 2.50 bits per heavy atom. The van der Waals surface area contributed by atoms with E-state index in [1.807, 2.05) is 12.1 Å². The average molecular weight is 463 g/mol. The van der Waals surface area contributed by atoms with Crippen LogP contribution in [0.15, 0.2) is 48.5 Å². The van der Waals surface area contributed by atoms with Crippen molar-refractivity contribution in [3.05, 3.63) is 71.0 Å². The van der Waals surface area contributed by atoms with Crippen molar-refractivity contribution >= 4 is 0 Å². The molecule has 3 atom stereocenters. The molecule has 3 heterocycles. The van der Waals surface area contributed by atoms with Crippen LogP contribution in [0.4, 0.5) is 4.39 Å². The SMILES string of the molecule is OC[C@H]1[C@H](c2ccc(C#Cc3ccccc3F)cc2)[C@@H]2CN(CC3CCOCC3)CCCCN12. The molecular formula is C29H35FN2O2. The Labute approximate surface area is 202 Å². The molecule has 0 aliphatic carbocycles. The zero-order valence-corrected chi connectivity index (χ0v) is 19.8. The number of nitrogens with zero attached hydrogens (tertiary/aromatic N) is 2. The van der Waals surface area contributed by atoms with Gasteiger partial charge in [0.15, 0.2) is 0 Å². The van der Waals surface area contributed by atoms with Gasteiger partial charge in [-0.3, -0.25) is 4.90 Å². The molecule has 3 saturated heterocycles. The zero-order valence-electron chi connectivity index (χ0n) is 19.8. The number of fused-ring (bicyclic) bond motifs is 1. The summed E-state index contributed by atoms with van der Waals surface area (Å²) in [5, 5.41) is 10.2. The molecular weight excluding hydrogens is 427 g/mol. The van der Waals surface area contributed by atoms with Gasteiger partial charge >= 0.3 is 0 Å². The zero-order chi connectivity index (χ0) is 23.3. The fourth-order valence-corrected chi connectivity index (χ4v) is 5.96. The van der Waals surface area contributed by atoms with Crippen LogP contribution >= 0.6 is 0 Å². The first-order chi connectivity index (χ1) is 16.7. The number of ether oxygens (including phenoxy) is 1. The van der Waals surface area contributed by atoms with E-state index in [0.29, 0.717) is 17.5 Å². The quantitative estimate of drug-likeness (QED) is 0.700. The van der Waals surface area contributed by atoms with Crippen LogP contribution in [0, 0.1) is 23.6 Å². The lowest BCUT2D eigenvalue weighted by atomic mass is 9.74. The highest BCUT2D eigenvalue weighted by Crippen LogP contribution is 2.42. The van der Waals surface area contributed by atoms with Crippen molar-refractivity contribution in [3.63, 3.8) is 0 Å². The molecule has 2 aromatic carbocycles. The molecule has 3 aliphatic heterocycles. The van der Waals surface area contributed by atoms with Crippen molar-refractivity contribution in [3.8, 4) is 11.8 Å². The van der Waals surface area contributed by atoms with Crippen molar-refractivity contribution < 1.29 is 14.2 Å². The molecule has 0 spiro atoms. The van der Waals surface area contributed by atoms with Gasteiger partial charge in [-0.1, -0.05) is 36.1 Å². The van der Waals surface area contributed by atoms with E-state index in [4.69, 9.17) is 4.74 Å². The summed E-state index contributed by atoms with van der Waals surface area (Å²) >= 11 is 0. The third-order valence-electron chi connectivity index (χ3n) is 7.82. The summed E-state index contributed by atoms with van der Waals surface area (Å²) in [6, 6.07) is 15.6. The van der Waals surface area contributed by atoms with Crippen LogP contribution in [0.2, 0.25) is 0 Å². The molecule has 0 bridgehead atoms. The summed E-state index contributed by atoms with van der Waals surface area (Å²) in [6.07, 6.45) is 4.76. The second-order valence-corrected chi connectivity index (χ2v) is 9.96. The normalized spacial score (nSPS) is 26.5. The van der Waals surface area contributed by atoms with Crippen molar-refractivity contribution in [1.29, 1.82) is 0 Å². The Morgan fingerprint density at radius 1 is 0.971 bits per heavy atom. The van der Waals surface area contributed by atoms with E-state index in [9.17, 15) is 9.50 Å². The highest BCUT2D eigenvalue weighted by molar-refractivity contribution is 5.44.